The molecule has 0 spiro atoms. The monoisotopic (exact) mass is 432 g/mol. The predicted molar refractivity (Wildman–Crippen MR) is 124 cm³/mol. The van der Waals surface area contributed by atoms with Gasteiger partial charge in [0.25, 0.3) is 0 Å². The number of hydrogen-bond donors (Lipinski definition) is 0. The van der Waals surface area contributed by atoms with Crippen LogP contribution >= 0.6 is 11.8 Å². The van der Waals surface area contributed by atoms with Crippen molar-refractivity contribution in [2.24, 2.45) is 0 Å². The smallest absolute Gasteiger partial charge is 0.212 e. The maximum Gasteiger partial charge on any atom is 0.212 e. The number of nitrogens with zero attached hydrogens (tertiary/aromatic N) is 2. The van der Waals surface area contributed by atoms with Crippen molar-refractivity contribution in [1.29, 1.82) is 5.26 Å². The molecule has 0 aliphatic heterocycles. The van der Waals surface area contributed by atoms with Crippen LogP contribution in [0.5, 0.6) is 0 Å². The van der Waals surface area contributed by atoms with Gasteiger partial charge in [-0.15, -0.1) is 11.8 Å². The third kappa shape index (κ3) is 3.31. The van der Waals surface area contributed by atoms with E-state index in [4.69, 9.17) is 0 Å². The molecule has 0 atom stereocenters. The molecule has 5 heteroatoms. The van der Waals surface area contributed by atoms with Crippen molar-refractivity contribution >= 4 is 23.3 Å². The van der Waals surface area contributed by atoms with Crippen molar-refractivity contribution < 1.29 is 9.59 Å². The van der Waals surface area contributed by atoms with Crippen molar-refractivity contribution in [3.05, 3.63) is 118 Å². The maximum absolute atomic E-state index is 13.4. The van der Waals surface area contributed by atoms with Crippen molar-refractivity contribution in [3.63, 3.8) is 0 Å². The number of aromatic nitrogens is 1. The van der Waals surface area contributed by atoms with Crippen LogP contribution in [0.2, 0.25) is 0 Å². The summed E-state index contributed by atoms with van der Waals surface area (Å²) < 4.78 is 0. The van der Waals surface area contributed by atoms with E-state index in [1.165, 1.54) is 11.8 Å². The topological polar surface area (TPSA) is 70.8 Å². The van der Waals surface area contributed by atoms with Crippen LogP contribution < -0.4 is 0 Å². The molecular formula is C27H16N2O2S. The van der Waals surface area contributed by atoms with Crippen LogP contribution in [0.15, 0.2) is 90.0 Å². The van der Waals surface area contributed by atoms with E-state index in [1.807, 2.05) is 48.5 Å². The number of nitriles is 1. The van der Waals surface area contributed by atoms with Gasteiger partial charge < -0.3 is 0 Å². The molecule has 1 heterocycles. The SMILES string of the molecule is N#Cc1c(SCc2ccccc2)nc(C(=O)c2ccccc2)c2c1-c1ccccc1C2=O. The van der Waals surface area contributed by atoms with Gasteiger partial charge in [-0.25, -0.2) is 4.98 Å². The average molecular weight is 433 g/mol. The van der Waals surface area contributed by atoms with Gasteiger partial charge in [0.15, 0.2) is 5.78 Å². The average Bonchev–Trinajstić information content (AvgIpc) is 3.15. The third-order valence-electron chi connectivity index (χ3n) is 5.41. The summed E-state index contributed by atoms with van der Waals surface area (Å²) in [6.45, 7) is 0. The number of benzene rings is 3. The minimum atomic E-state index is -0.325. The van der Waals surface area contributed by atoms with Crippen LogP contribution in [0.4, 0.5) is 0 Å². The molecule has 0 unspecified atom stereocenters. The molecule has 152 valence electrons. The van der Waals surface area contributed by atoms with Crippen LogP contribution in [0.1, 0.15) is 43.1 Å². The quantitative estimate of drug-likeness (QED) is 0.264. The first-order chi connectivity index (χ1) is 15.7. The van der Waals surface area contributed by atoms with Gasteiger partial charge in [-0.05, 0) is 11.1 Å². The standard InChI is InChI=1S/C27H16N2O2S/c28-15-21-22-19-13-7-8-14-20(19)26(31)23(22)24(25(30)18-11-5-2-6-12-18)29-27(21)32-16-17-9-3-1-4-10-17/h1-14H,16H2. The fourth-order valence-electron chi connectivity index (χ4n) is 3.91. The summed E-state index contributed by atoms with van der Waals surface area (Å²) in [5.41, 5.74) is 3.87. The number of carbonyl (C=O) groups is 2. The normalized spacial score (nSPS) is 11.5. The first-order valence-corrected chi connectivity index (χ1v) is 11.1. The van der Waals surface area contributed by atoms with E-state index in [9.17, 15) is 14.9 Å². The number of thioether (sulfide) groups is 1. The zero-order valence-electron chi connectivity index (χ0n) is 16.9. The fourth-order valence-corrected chi connectivity index (χ4v) is 4.86. The maximum atomic E-state index is 13.4. The molecule has 0 saturated carbocycles. The number of pyridine rings is 1. The highest BCUT2D eigenvalue weighted by molar-refractivity contribution is 7.98. The molecule has 4 aromatic rings. The number of rotatable bonds is 5. The molecule has 0 saturated heterocycles. The Morgan fingerprint density at radius 3 is 2.16 bits per heavy atom. The van der Waals surface area contributed by atoms with Crippen LogP contribution in [-0.4, -0.2) is 16.6 Å². The van der Waals surface area contributed by atoms with E-state index in [0.29, 0.717) is 38.6 Å². The summed E-state index contributed by atoms with van der Waals surface area (Å²) in [5.74, 6) is 0.00289. The van der Waals surface area contributed by atoms with Crippen molar-refractivity contribution in [2.75, 3.05) is 0 Å². The van der Waals surface area contributed by atoms with Crippen LogP contribution in [0.3, 0.4) is 0 Å². The van der Waals surface area contributed by atoms with E-state index < -0.39 is 0 Å². The van der Waals surface area contributed by atoms with E-state index in [0.717, 1.165) is 5.56 Å². The summed E-state index contributed by atoms with van der Waals surface area (Å²) in [6.07, 6.45) is 0. The summed E-state index contributed by atoms with van der Waals surface area (Å²) in [5, 5.41) is 10.5. The molecule has 3 aromatic carbocycles. The molecule has 4 nitrogen and oxygen atoms in total. The highest BCUT2D eigenvalue weighted by Gasteiger charge is 2.36. The second-order valence-corrected chi connectivity index (χ2v) is 8.31. The van der Waals surface area contributed by atoms with E-state index >= 15 is 0 Å². The van der Waals surface area contributed by atoms with E-state index in [1.54, 1.807) is 36.4 Å². The van der Waals surface area contributed by atoms with E-state index in [2.05, 4.69) is 11.1 Å². The largest absolute Gasteiger partial charge is 0.288 e. The van der Waals surface area contributed by atoms with E-state index in [-0.39, 0.29) is 22.8 Å². The van der Waals surface area contributed by atoms with Gasteiger partial charge in [-0.1, -0.05) is 84.9 Å². The molecule has 0 fully saturated rings. The predicted octanol–water partition coefficient (Wildman–Crippen LogP) is 5.69. The second-order valence-electron chi connectivity index (χ2n) is 7.35. The highest BCUT2D eigenvalue weighted by atomic mass is 32.2. The van der Waals surface area contributed by atoms with Gasteiger partial charge in [0, 0.05) is 22.4 Å². The molecule has 0 radical (unpaired) electrons. The molecule has 1 aliphatic rings. The molecular weight excluding hydrogens is 416 g/mol. The Labute approximate surface area is 189 Å². The molecule has 0 amide bonds. The Kier molecular flexibility index (Phi) is 5.14. The molecule has 0 bridgehead atoms. The van der Waals surface area contributed by atoms with Crippen LogP contribution in [-0.2, 0) is 5.75 Å². The Hall–Kier alpha value is -4.01. The molecule has 5 rings (SSSR count). The third-order valence-corrected chi connectivity index (χ3v) is 6.46. The van der Waals surface area contributed by atoms with Crippen LogP contribution in [0.25, 0.3) is 11.1 Å². The lowest BCUT2D eigenvalue weighted by Crippen LogP contribution is -2.13. The number of ketones is 2. The highest BCUT2D eigenvalue weighted by Crippen LogP contribution is 2.43. The lowest BCUT2D eigenvalue weighted by Gasteiger charge is -2.13. The summed E-state index contributed by atoms with van der Waals surface area (Å²) >= 11 is 1.40. The zero-order valence-corrected chi connectivity index (χ0v) is 17.7. The van der Waals surface area contributed by atoms with Crippen molar-refractivity contribution in [3.8, 4) is 17.2 Å². The fraction of sp³-hybridized carbons (Fsp3) is 0.0370. The minimum Gasteiger partial charge on any atom is -0.288 e. The lowest BCUT2D eigenvalue weighted by molar-refractivity contribution is 0.100. The number of hydrogen-bond acceptors (Lipinski definition) is 5. The summed E-state index contributed by atoms with van der Waals surface area (Å²) in [6, 6.07) is 28.1. The van der Waals surface area contributed by atoms with Gasteiger partial charge in [0.05, 0.1) is 11.1 Å². The lowest BCUT2D eigenvalue weighted by atomic mass is 9.97. The first-order valence-electron chi connectivity index (χ1n) is 10.1. The Balaban J connectivity index is 1.71. The zero-order chi connectivity index (χ0) is 22.1. The Morgan fingerprint density at radius 1 is 0.844 bits per heavy atom. The minimum absolute atomic E-state index is 0.0990. The molecule has 1 aromatic heterocycles. The Morgan fingerprint density at radius 2 is 1.47 bits per heavy atom. The van der Waals surface area contributed by atoms with Gasteiger partial charge in [0.1, 0.15) is 16.8 Å². The molecule has 1 aliphatic carbocycles. The number of carbonyl (C=O) groups excluding carboxylic acids is 2. The summed E-state index contributed by atoms with van der Waals surface area (Å²) in [4.78, 5) is 31.3. The van der Waals surface area contributed by atoms with Gasteiger partial charge in [0.2, 0.25) is 5.78 Å². The van der Waals surface area contributed by atoms with Crippen molar-refractivity contribution in [1.82, 2.24) is 4.98 Å². The van der Waals surface area contributed by atoms with Gasteiger partial charge >= 0.3 is 0 Å². The molecule has 32 heavy (non-hydrogen) atoms. The first kappa shape index (κ1) is 19.9. The second kappa shape index (κ2) is 8.26. The Bertz CT molecular complexity index is 1410. The van der Waals surface area contributed by atoms with Gasteiger partial charge in [-0.3, -0.25) is 9.59 Å². The number of fused-ring (bicyclic) bond motifs is 3. The van der Waals surface area contributed by atoms with Crippen molar-refractivity contribution in [2.45, 2.75) is 10.8 Å². The van der Waals surface area contributed by atoms with Crippen LogP contribution in [0, 0.1) is 11.3 Å². The summed E-state index contributed by atoms with van der Waals surface area (Å²) in [7, 11) is 0. The van der Waals surface area contributed by atoms with Gasteiger partial charge in [-0.2, -0.15) is 5.26 Å². The molecule has 0 N–H and O–H groups in total.